The number of anilines is 1. The molecule has 0 saturated heterocycles. The molecule has 0 fully saturated rings. The molecule has 0 radical (unpaired) electrons. The molecule has 2 aromatic carbocycles. The summed E-state index contributed by atoms with van der Waals surface area (Å²) >= 11 is 0. The van der Waals surface area contributed by atoms with Crippen molar-refractivity contribution in [2.24, 2.45) is 0 Å². The molecule has 1 aromatic heterocycles. The van der Waals surface area contributed by atoms with Crippen LogP contribution in [0.2, 0.25) is 0 Å². The Hall–Kier alpha value is -2.34. The van der Waals surface area contributed by atoms with Crippen LogP contribution in [-0.4, -0.2) is 18.4 Å². The Morgan fingerprint density at radius 2 is 2.00 bits per heavy atom. The summed E-state index contributed by atoms with van der Waals surface area (Å²) in [6.07, 6.45) is 0.809. The number of nitrogens with zero attached hydrogens (tertiary/aromatic N) is 1. The number of aromatic amines is 1. The van der Waals surface area contributed by atoms with Gasteiger partial charge in [-0.3, -0.25) is 4.72 Å². The third-order valence-corrected chi connectivity index (χ3v) is 4.84. The van der Waals surface area contributed by atoms with Gasteiger partial charge >= 0.3 is 0 Å². The quantitative estimate of drug-likeness (QED) is 0.753. The van der Waals surface area contributed by atoms with Gasteiger partial charge in [0.2, 0.25) is 10.0 Å². The highest BCUT2D eigenvalue weighted by molar-refractivity contribution is 7.91. The standard InChI is InChI=1S/C17H19N3O2S/c1-3-17-18-15-8-7-14(10-16(15)19-17)20-23(21,22)11-13-6-4-5-12(2)9-13/h4-10,20H,3,11H2,1-2H3,(H,18,19). The number of aromatic nitrogens is 2. The summed E-state index contributed by atoms with van der Waals surface area (Å²) < 4.78 is 27.3. The highest BCUT2D eigenvalue weighted by Gasteiger charge is 2.13. The predicted octanol–water partition coefficient (Wildman–Crippen LogP) is 3.38. The zero-order chi connectivity index (χ0) is 16.4. The molecule has 0 aliphatic rings. The second kappa shape index (κ2) is 6.04. The SMILES string of the molecule is CCc1nc2ccc(NS(=O)(=O)Cc3cccc(C)c3)cc2[nH]1. The third kappa shape index (κ3) is 3.71. The van der Waals surface area contributed by atoms with Crippen LogP contribution in [0.3, 0.4) is 0 Å². The Morgan fingerprint density at radius 3 is 2.74 bits per heavy atom. The van der Waals surface area contributed by atoms with Crippen LogP contribution in [-0.2, 0) is 22.2 Å². The Bertz CT molecular complexity index is 945. The number of H-pyrrole nitrogens is 1. The molecule has 3 aromatic rings. The van der Waals surface area contributed by atoms with Gasteiger partial charge in [0.15, 0.2) is 0 Å². The lowest BCUT2D eigenvalue weighted by Crippen LogP contribution is -2.15. The van der Waals surface area contributed by atoms with Crippen molar-refractivity contribution in [1.29, 1.82) is 0 Å². The lowest BCUT2D eigenvalue weighted by Gasteiger charge is -2.08. The molecule has 5 nitrogen and oxygen atoms in total. The van der Waals surface area contributed by atoms with E-state index in [9.17, 15) is 8.42 Å². The maximum Gasteiger partial charge on any atom is 0.236 e. The van der Waals surface area contributed by atoms with E-state index in [-0.39, 0.29) is 5.75 Å². The molecule has 2 N–H and O–H groups in total. The van der Waals surface area contributed by atoms with Crippen LogP contribution in [0.15, 0.2) is 42.5 Å². The van der Waals surface area contributed by atoms with Gasteiger partial charge < -0.3 is 4.98 Å². The van der Waals surface area contributed by atoms with Crippen molar-refractivity contribution in [2.75, 3.05) is 4.72 Å². The number of nitrogens with one attached hydrogen (secondary N) is 2. The predicted molar refractivity (Wildman–Crippen MR) is 92.9 cm³/mol. The van der Waals surface area contributed by atoms with Gasteiger partial charge in [-0.15, -0.1) is 0 Å². The summed E-state index contributed by atoms with van der Waals surface area (Å²) in [7, 11) is -3.46. The number of imidazole rings is 1. The van der Waals surface area contributed by atoms with Gasteiger partial charge in [-0.1, -0.05) is 36.8 Å². The number of hydrogen-bond donors (Lipinski definition) is 2. The van der Waals surface area contributed by atoms with Crippen LogP contribution in [0.4, 0.5) is 5.69 Å². The van der Waals surface area contributed by atoms with Gasteiger partial charge in [0.05, 0.1) is 22.5 Å². The van der Waals surface area contributed by atoms with E-state index < -0.39 is 10.0 Å². The Balaban J connectivity index is 1.82. The molecule has 6 heteroatoms. The lowest BCUT2D eigenvalue weighted by atomic mass is 10.2. The average Bonchev–Trinajstić information content (AvgIpc) is 2.88. The molecular weight excluding hydrogens is 310 g/mol. The molecule has 3 rings (SSSR count). The van der Waals surface area contributed by atoms with E-state index in [0.717, 1.165) is 34.4 Å². The zero-order valence-electron chi connectivity index (χ0n) is 13.1. The van der Waals surface area contributed by atoms with Crippen molar-refractivity contribution in [3.05, 3.63) is 59.4 Å². The molecular formula is C17H19N3O2S. The largest absolute Gasteiger partial charge is 0.342 e. The summed E-state index contributed by atoms with van der Waals surface area (Å²) in [5.74, 6) is 0.843. The first-order valence-electron chi connectivity index (χ1n) is 7.50. The van der Waals surface area contributed by atoms with Gasteiger partial charge in [0.25, 0.3) is 0 Å². The summed E-state index contributed by atoms with van der Waals surface area (Å²) in [4.78, 5) is 7.60. The Kier molecular flexibility index (Phi) is 4.09. The fraction of sp³-hybridized carbons (Fsp3) is 0.235. The number of sulfonamides is 1. The Morgan fingerprint density at radius 1 is 1.17 bits per heavy atom. The molecule has 0 saturated carbocycles. The van der Waals surface area contributed by atoms with Crippen molar-refractivity contribution in [3.63, 3.8) is 0 Å². The molecule has 0 unspecified atom stereocenters. The van der Waals surface area contributed by atoms with E-state index in [4.69, 9.17) is 0 Å². The highest BCUT2D eigenvalue weighted by Crippen LogP contribution is 2.19. The van der Waals surface area contributed by atoms with Gasteiger partial charge in [-0.2, -0.15) is 0 Å². The molecule has 0 spiro atoms. The van der Waals surface area contributed by atoms with Crippen molar-refractivity contribution < 1.29 is 8.42 Å². The molecule has 120 valence electrons. The van der Waals surface area contributed by atoms with Crippen LogP contribution in [0.1, 0.15) is 23.9 Å². The van der Waals surface area contributed by atoms with E-state index in [1.165, 1.54) is 0 Å². The van der Waals surface area contributed by atoms with E-state index >= 15 is 0 Å². The summed E-state index contributed by atoms with van der Waals surface area (Å²) in [5, 5.41) is 0. The third-order valence-electron chi connectivity index (χ3n) is 3.58. The lowest BCUT2D eigenvalue weighted by molar-refractivity contribution is 0.600. The summed E-state index contributed by atoms with van der Waals surface area (Å²) in [5.41, 5.74) is 4.02. The van der Waals surface area contributed by atoms with Crippen LogP contribution < -0.4 is 4.72 Å². The second-order valence-electron chi connectivity index (χ2n) is 5.62. The van der Waals surface area contributed by atoms with Crippen molar-refractivity contribution in [3.8, 4) is 0 Å². The number of benzene rings is 2. The first-order chi connectivity index (χ1) is 10.9. The molecule has 0 atom stereocenters. The molecule has 1 heterocycles. The second-order valence-corrected chi connectivity index (χ2v) is 7.34. The van der Waals surface area contributed by atoms with Gasteiger partial charge in [0.1, 0.15) is 5.82 Å². The first-order valence-corrected chi connectivity index (χ1v) is 9.15. The normalized spacial score (nSPS) is 11.7. The maximum atomic E-state index is 12.3. The van der Waals surface area contributed by atoms with Crippen LogP contribution in [0.25, 0.3) is 11.0 Å². The van der Waals surface area contributed by atoms with Gasteiger partial charge in [-0.25, -0.2) is 13.4 Å². The zero-order valence-corrected chi connectivity index (χ0v) is 13.9. The minimum atomic E-state index is -3.46. The van der Waals surface area contributed by atoms with Crippen molar-refractivity contribution in [2.45, 2.75) is 26.0 Å². The number of fused-ring (bicyclic) bond motifs is 1. The fourth-order valence-corrected chi connectivity index (χ4v) is 3.71. The first kappa shape index (κ1) is 15.6. The monoisotopic (exact) mass is 329 g/mol. The molecule has 0 bridgehead atoms. The average molecular weight is 329 g/mol. The van der Waals surface area contributed by atoms with E-state index in [1.54, 1.807) is 12.1 Å². The summed E-state index contributed by atoms with van der Waals surface area (Å²) in [6.45, 7) is 3.96. The van der Waals surface area contributed by atoms with Crippen LogP contribution >= 0.6 is 0 Å². The van der Waals surface area contributed by atoms with Gasteiger partial charge in [0, 0.05) is 6.42 Å². The smallest absolute Gasteiger partial charge is 0.236 e. The fourth-order valence-electron chi connectivity index (χ4n) is 2.53. The molecule has 0 amide bonds. The topological polar surface area (TPSA) is 74.8 Å². The Labute approximate surface area is 135 Å². The van der Waals surface area contributed by atoms with Gasteiger partial charge in [-0.05, 0) is 30.7 Å². The van der Waals surface area contributed by atoms with Crippen LogP contribution in [0, 0.1) is 6.92 Å². The van der Waals surface area contributed by atoms with E-state index in [2.05, 4.69) is 14.7 Å². The highest BCUT2D eigenvalue weighted by atomic mass is 32.2. The maximum absolute atomic E-state index is 12.3. The van der Waals surface area contributed by atoms with E-state index in [0.29, 0.717) is 5.69 Å². The van der Waals surface area contributed by atoms with Crippen molar-refractivity contribution in [1.82, 2.24) is 9.97 Å². The number of hydrogen-bond acceptors (Lipinski definition) is 3. The number of aryl methyl sites for hydroxylation is 2. The van der Waals surface area contributed by atoms with E-state index in [1.807, 2.05) is 44.2 Å². The number of rotatable bonds is 5. The van der Waals surface area contributed by atoms with Crippen molar-refractivity contribution >= 4 is 26.7 Å². The molecule has 0 aliphatic carbocycles. The summed E-state index contributed by atoms with van der Waals surface area (Å²) in [6, 6.07) is 12.8. The minimum absolute atomic E-state index is 0.0457. The molecule has 23 heavy (non-hydrogen) atoms. The van der Waals surface area contributed by atoms with Crippen LogP contribution in [0.5, 0.6) is 0 Å². The molecule has 0 aliphatic heterocycles. The minimum Gasteiger partial charge on any atom is -0.342 e.